The number of pyridine rings is 1. The highest BCUT2D eigenvalue weighted by molar-refractivity contribution is 7.89. The number of para-hydroxylation sites is 2. The molecule has 2 aromatic rings. The van der Waals surface area contributed by atoms with Gasteiger partial charge in [-0.15, -0.1) is 0 Å². The zero-order chi connectivity index (χ0) is 19.3. The fourth-order valence-corrected chi connectivity index (χ4v) is 3.91. The van der Waals surface area contributed by atoms with Crippen molar-refractivity contribution >= 4 is 27.3 Å². The number of anilines is 2. The molecule has 1 saturated heterocycles. The highest BCUT2D eigenvalue weighted by atomic mass is 32.2. The molecule has 0 radical (unpaired) electrons. The van der Waals surface area contributed by atoms with Crippen LogP contribution in [0.1, 0.15) is 0 Å². The average molecular weight is 390 g/mol. The van der Waals surface area contributed by atoms with Gasteiger partial charge in [-0.3, -0.25) is 9.78 Å². The van der Waals surface area contributed by atoms with Crippen LogP contribution in [0.3, 0.4) is 0 Å². The first-order valence-corrected chi connectivity index (χ1v) is 10.0. The molecule has 1 amide bonds. The monoisotopic (exact) mass is 390 g/mol. The van der Waals surface area contributed by atoms with E-state index in [1.807, 2.05) is 18.2 Å². The summed E-state index contributed by atoms with van der Waals surface area (Å²) in [6.45, 7) is 2.45. The van der Waals surface area contributed by atoms with E-state index in [2.05, 4.69) is 15.2 Å². The summed E-state index contributed by atoms with van der Waals surface area (Å²) in [6, 6.07) is 10.5. The van der Waals surface area contributed by atoms with E-state index in [-0.39, 0.29) is 11.4 Å². The third-order valence-electron chi connectivity index (χ3n) is 4.24. The summed E-state index contributed by atoms with van der Waals surface area (Å²) in [4.78, 5) is 18.5. The van der Waals surface area contributed by atoms with Crippen LogP contribution in [0.15, 0.2) is 53.7 Å². The number of likely N-dealkylation sites (N-methyl/N-ethyl adjacent to an activating group) is 1. The van der Waals surface area contributed by atoms with Crippen LogP contribution in [-0.4, -0.2) is 63.5 Å². The Morgan fingerprint density at radius 2 is 1.96 bits per heavy atom. The molecule has 8 nitrogen and oxygen atoms in total. The number of rotatable bonds is 6. The fourth-order valence-electron chi connectivity index (χ4n) is 2.82. The van der Waals surface area contributed by atoms with Crippen molar-refractivity contribution in [2.24, 2.45) is 0 Å². The summed E-state index contributed by atoms with van der Waals surface area (Å²) in [5.74, 6) is -0.411. The summed E-state index contributed by atoms with van der Waals surface area (Å²) in [5, 5.41) is 2.82. The number of morpholine rings is 1. The standard InChI is InChI=1S/C18H22N4O4S/c1-21(27(24,25)15-5-4-8-19-13-15)14-18(23)20-16-6-2-3-7-17(16)22-9-11-26-12-10-22/h2-8,13H,9-12,14H2,1H3,(H,20,23). The lowest BCUT2D eigenvalue weighted by Gasteiger charge is -2.30. The summed E-state index contributed by atoms with van der Waals surface area (Å²) < 4.78 is 31.4. The van der Waals surface area contributed by atoms with Crippen molar-refractivity contribution in [3.05, 3.63) is 48.8 Å². The van der Waals surface area contributed by atoms with Gasteiger partial charge in [0.2, 0.25) is 15.9 Å². The summed E-state index contributed by atoms with van der Waals surface area (Å²) >= 11 is 0. The molecule has 1 aromatic heterocycles. The molecule has 0 unspecified atom stereocenters. The normalized spacial score (nSPS) is 15.0. The number of aromatic nitrogens is 1. The molecule has 1 aromatic carbocycles. The quantitative estimate of drug-likeness (QED) is 0.796. The summed E-state index contributed by atoms with van der Waals surface area (Å²) in [6.07, 6.45) is 2.76. The zero-order valence-electron chi connectivity index (χ0n) is 15.0. The largest absolute Gasteiger partial charge is 0.378 e. The van der Waals surface area contributed by atoms with Crippen molar-refractivity contribution in [1.29, 1.82) is 0 Å². The zero-order valence-corrected chi connectivity index (χ0v) is 15.9. The van der Waals surface area contributed by atoms with Crippen molar-refractivity contribution in [3.63, 3.8) is 0 Å². The van der Waals surface area contributed by atoms with Crippen molar-refractivity contribution in [2.45, 2.75) is 4.90 Å². The van der Waals surface area contributed by atoms with Crippen molar-refractivity contribution in [1.82, 2.24) is 9.29 Å². The van der Waals surface area contributed by atoms with Crippen LogP contribution in [0, 0.1) is 0 Å². The third-order valence-corrected chi connectivity index (χ3v) is 6.03. The van der Waals surface area contributed by atoms with E-state index in [1.165, 1.54) is 25.5 Å². The van der Waals surface area contributed by atoms with Crippen LogP contribution in [0.5, 0.6) is 0 Å². The Balaban J connectivity index is 1.69. The number of ether oxygens (including phenoxy) is 1. The van der Waals surface area contributed by atoms with E-state index < -0.39 is 15.9 Å². The van der Waals surface area contributed by atoms with E-state index >= 15 is 0 Å². The van der Waals surface area contributed by atoms with E-state index in [1.54, 1.807) is 12.1 Å². The van der Waals surface area contributed by atoms with Crippen LogP contribution < -0.4 is 10.2 Å². The number of hydrogen-bond donors (Lipinski definition) is 1. The first-order valence-electron chi connectivity index (χ1n) is 8.56. The maximum atomic E-state index is 12.5. The smallest absolute Gasteiger partial charge is 0.244 e. The number of sulfonamides is 1. The second kappa shape index (κ2) is 8.47. The molecule has 0 saturated carbocycles. The molecule has 1 fully saturated rings. The van der Waals surface area contributed by atoms with E-state index in [0.29, 0.717) is 18.9 Å². The van der Waals surface area contributed by atoms with Gasteiger partial charge in [-0.05, 0) is 24.3 Å². The predicted molar refractivity (Wildman–Crippen MR) is 102 cm³/mol. The maximum Gasteiger partial charge on any atom is 0.244 e. The molecular weight excluding hydrogens is 368 g/mol. The SMILES string of the molecule is CN(CC(=O)Nc1ccccc1N1CCOCC1)S(=O)(=O)c1cccnc1. The molecule has 1 N–H and O–H groups in total. The van der Waals surface area contributed by atoms with Gasteiger partial charge >= 0.3 is 0 Å². The summed E-state index contributed by atoms with van der Waals surface area (Å²) in [5.41, 5.74) is 1.54. The van der Waals surface area contributed by atoms with Gasteiger partial charge in [-0.25, -0.2) is 8.42 Å². The molecule has 9 heteroatoms. The number of carbonyl (C=O) groups is 1. The van der Waals surface area contributed by atoms with Crippen molar-refractivity contribution < 1.29 is 17.9 Å². The molecule has 0 bridgehead atoms. The van der Waals surface area contributed by atoms with Gasteiger partial charge in [-0.1, -0.05) is 12.1 Å². The lowest BCUT2D eigenvalue weighted by Crippen LogP contribution is -2.38. The van der Waals surface area contributed by atoms with Gasteiger partial charge < -0.3 is 15.0 Å². The van der Waals surface area contributed by atoms with Gasteiger partial charge in [-0.2, -0.15) is 4.31 Å². The minimum Gasteiger partial charge on any atom is -0.378 e. The van der Waals surface area contributed by atoms with E-state index in [9.17, 15) is 13.2 Å². The average Bonchev–Trinajstić information content (AvgIpc) is 2.69. The van der Waals surface area contributed by atoms with Gasteiger partial charge in [0.15, 0.2) is 0 Å². The van der Waals surface area contributed by atoms with Crippen LogP contribution in [0.25, 0.3) is 0 Å². The molecule has 27 heavy (non-hydrogen) atoms. The van der Waals surface area contributed by atoms with Crippen molar-refractivity contribution in [3.8, 4) is 0 Å². The number of benzene rings is 1. The number of hydrogen-bond acceptors (Lipinski definition) is 6. The van der Waals surface area contributed by atoms with E-state index in [4.69, 9.17) is 4.74 Å². The molecule has 1 aliphatic rings. The van der Waals surface area contributed by atoms with E-state index in [0.717, 1.165) is 23.1 Å². The number of amides is 1. The van der Waals surface area contributed by atoms with Crippen LogP contribution in [0.2, 0.25) is 0 Å². The third kappa shape index (κ3) is 4.62. The molecule has 3 rings (SSSR count). The first-order chi connectivity index (χ1) is 13.0. The number of nitrogens with one attached hydrogen (secondary N) is 1. The Bertz CT molecular complexity index is 883. The highest BCUT2D eigenvalue weighted by Crippen LogP contribution is 2.26. The predicted octanol–water partition coefficient (Wildman–Crippen LogP) is 1.18. The molecule has 2 heterocycles. The van der Waals surface area contributed by atoms with Crippen LogP contribution >= 0.6 is 0 Å². The van der Waals surface area contributed by atoms with Gasteiger partial charge in [0.25, 0.3) is 0 Å². The molecule has 1 aliphatic heterocycles. The number of nitrogens with zero attached hydrogens (tertiary/aromatic N) is 3. The minimum absolute atomic E-state index is 0.0500. The van der Waals surface area contributed by atoms with Gasteiger partial charge in [0, 0.05) is 32.5 Å². The Hall–Kier alpha value is -2.49. The Morgan fingerprint density at radius 1 is 1.22 bits per heavy atom. The second-order valence-electron chi connectivity index (χ2n) is 6.11. The Morgan fingerprint density at radius 3 is 2.67 bits per heavy atom. The second-order valence-corrected chi connectivity index (χ2v) is 8.16. The Labute approximate surface area is 158 Å². The topological polar surface area (TPSA) is 91.8 Å². The van der Waals surface area contributed by atoms with Gasteiger partial charge in [0.1, 0.15) is 4.90 Å². The first kappa shape index (κ1) is 19.3. The molecule has 0 aliphatic carbocycles. The lowest BCUT2D eigenvalue weighted by molar-refractivity contribution is -0.116. The van der Waals surface area contributed by atoms with Crippen molar-refractivity contribution in [2.75, 3.05) is 50.1 Å². The summed E-state index contributed by atoms with van der Waals surface area (Å²) in [7, 11) is -2.40. The lowest BCUT2D eigenvalue weighted by atomic mass is 10.2. The maximum absolute atomic E-state index is 12.5. The van der Waals surface area contributed by atoms with Crippen LogP contribution in [0.4, 0.5) is 11.4 Å². The molecular formula is C18H22N4O4S. The molecule has 0 spiro atoms. The molecule has 0 atom stereocenters. The van der Waals surface area contributed by atoms with Crippen LogP contribution in [-0.2, 0) is 19.6 Å². The van der Waals surface area contributed by atoms with Gasteiger partial charge in [0.05, 0.1) is 31.1 Å². The Kier molecular flexibility index (Phi) is 6.04. The minimum atomic E-state index is -3.77. The highest BCUT2D eigenvalue weighted by Gasteiger charge is 2.24. The number of carbonyl (C=O) groups excluding carboxylic acids is 1. The molecule has 144 valence electrons. The fraction of sp³-hybridized carbons (Fsp3) is 0.333.